The average Bonchev–Trinajstić information content (AvgIpc) is 2.59. The van der Waals surface area contributed by atoms with E-state index in [1.165, 1.54) is 28.8 Å². The first kappa shape index (κ1) is 19.9. The van der Waals surface area contributed by atoms with E-state index >= 15 is 0 Å². The third kappa shape index (κ3) is 4.83. The Bertz CT molecular complexity index is 862. The van der Waals surface area contributed by atoms with E-state index in [9.17, 15) is 14.4 Å². The molecule has 2 rings (SSSR count). The number of para-hydroxylation sites is 1. The molecule has 2 amide bonds. The maximum absolute atomic E-state index is 12.5. The monoisotopic (exact) mass is 396 g/mol. The van der Waals surface area contributed by atoms with Gasteiger partial charge in [0.1, 0.15) is 5.69 Å². The largest absolute Gasteiger partial charge is 0.331 e. The van der Waals surface area contributed by atoms with Crippen molar-refractivity contribution >= 4 is 40.7 Å². The highest BCUT2D eigenvalue weighted by molar-refractivity contribution is 6.39. The number of anilines is 1. The first-order valence-electron chi connectivity index (χ1n) is 7.91. The summed E-state index contributed by atoms with van der Waals surface area (Å²) in [6.45, 7) is 2.09. The van der Waals surface area contributed by atoms with Gasteiger partial charge in [0.25, 0.3) is 11.5 Å². The number of aromatic nitrogens is 2. The van der Waals surface area contributed by atoms with Gasteiger partial charge in [-0.25, -0.2) is 4.68 Å². The van der Waals surface area contributed by atoms with Crippen LogP contribution in [0.2, 0.25) is 10.0 Å². The molecule has 0 bridgehead atoms. The van der Waals surface area contributed by atoms with E-state index in [0.717, 1.165) is 0 Å². The lowest BCUT2D eigenvalue weighted by Crippen LogP contribution is -2.36. The van der Waals surface area contributed by atoms with Gasteiger partial charge in [0.15, 0.2) is 0 Å². The molecule has 1 aromatic heterocycles. The molecule has 9 heteroatoms. The number of carbonyl (C=O) groups is 2. The number of hydrogen-bond acceptors (Lipinski definition) is 4. The molecular formula is C17H18Cl2N4O3. The highest BCUT2D eigenvalue weighted by atomic mass is 35.5. The maximum atomic E-state index is 12.5. The molecule has 0 aliphatic carbocycles. The number of carbonyl (C=O) groups excluding carboxylic acids is 2. The predicted molar refractivity (Wildman–Crippen MR) is 101 cm³/mol. The normalized spacial score (nSPS) is 10.5. The summed E-state index contributed by atoms with van der Waals surface area (Å²) in [5.74, 6) is -0.937. The van der Waals surface area contributed by atoms with Crippen LogP contribution in [0.25, 0.3) is 0 Å². The SMILES string of the molecule is CCCn1nc(C(=O)N(C)CC(=O)Nc2c(Cl)cccc2Cl)ccc1=O. The smallest absolute Gasteiger partial charge is 0.274 e. The van der Waals surface area contributed by atoms with E-state index in [1.807, 2.05) is 6.92 Å². The zero-order valence-corrected chi connectivity index (χ0v) is 15.8. The van der Waals surface area contributed by atoms with Crippen molar-refractivity contribution in [2.75, 3.05) is 18.9 Å². The highest BCUT2D eigenvalue weighted by Gasteiger charge is 2.18. The zero-order valence-electron chi connectivity index (χ0n) is 14.3. The first-order valence-corrected chi connectivity index (χ1v) is 8.66. The molecule has 1 aromatic carbocycles. The third-order valence-electron chi connectivity index (χ3n) is 3.48. The lowest BCUT2D eigenvalue weighted by atomic mass is 10.3. The van der Waals surface area contributed by atoms with Gasteiger partial charge in [-0.15, -0.1) is 0 Å². The van der Waals surface area contributed by atoms with Crippen LogP contribution in [0, 0.1) is 0 Å². The Kier molecular flexibility index (Phi) is 6.76. The Hall–Kier alpha value is -2.38. The van der Waals surface area contributed by atoms with Gasteiger partial charge in [-0.3, -0.25) is 14.4 Å². The second-order valence-corrected chi connectivity index (χ2v) is 6.40. The van der Waals surface area contributed by atoms with Crippen molar-refractivity contribution in [2.24, 2.45) is 0 Å². The molecule has 2 aromatic rings. The molecule has 1 heterocycles. The molecule has 138 valence electrons. The standard InChI is InChI=1S/C17H18Cl2N4O3/c1-3-9-23-15(25)8-7-13(21-23)17(26)22(2)10-14(24)20-16-11(18)5-4-6-12(16)19/h4-8H,3,9-10H2,1-2H3,(H,20,24). The number of amides is 2. The van der Waals surface area contributed by atoms with Crippen molar-refractivity contribution in [3.63, 3.8) is 0 Å². The van der Waals surface area contributed by atoms with Crippen LogP contribution in [0.15, 0.2) is 35.1 Å². The number of rotatable bonds is 6. The topological polar surface area (TPSA) is 84.3 Å². The fourth-order valence-electron chi connectivity index (χ4n) is 2.21. The van der Waals surface area contributed by atoms with Gasteiger partial charge in [-0.2, -0.15) is 5.10 Å². The van der Waals surface area contributed by atoms with Crippen LogP contribution in [-0.2, 0) is 11.3 Å². The molecule has 0 aliphatic heterocycles. The molecule has 0 unspecified atom stereocenters. The van der Waals surface area contributed by atoms with Crippen molar-refractivity contribution in [1.29, 1.82) is 0 Å². The number of aryl methyl sites for hydroxylation is 1. The number of nitrogens with zero attached hydrogens (tertiary/aromatic N) is 3. The summed E-state index contributed by atoms with van der Waals surface area (Å²) in [6.07, 6.45) is 0.710. The van der Waals surface area contributed by atoms with Crippen LogP contribution < -0.4 is 10.9 Å². The molecule has 0 aliphatic rings. The lowest BCUT2D eigenvalue weighted by molar-refractivity contribution is -0.116. The Morgan fingerprint density at radius 3 is 2.46 bits per heavy atom. The van der Waals surface area contributed by atoms with Crippen LogP contribution in [0.3, 0.4) is 0 Å². The van der Waals surface area contributed by atoms with Gasteiger partial charge in [-0.05, 0) is 24.6 Å². The fraction of sp³-hybridized carbons (Fsp3) is 0.294. The predicted octanol–water partition coefficient (Wildman–Crippen LogP) is 2.67. The zero-order chi connectivity index (χ0) is 19.3. The van der Waals surface area contributed by atoms with Crippen LogP contribution in [0.4, 0.5) is 5.69 Å². The Morgan fingerprint density at radius 2 is 1.85 bits per heavy atom. The summed E-state index contributed by atoms with van der Waals surface area (Å²) in [4.78, 5) is 37.5. The molecule has 0 saturated heterocycles. The van der Waals surface area contributed by atoms with Gasteiger partial charge in [0.05, 0.1) is 22.3 Å². The molecule has 0 radical (unpaired) electrons. The molecular weight excluding hydrogens is 379 g/mol. The Morgan fingerprint density at radius 1 is 1.19 bits per heavy atom. The third-order valence-corrected chi connectivity index (χ3v) is 4.11. The van der Waals surface area contributed by atoms with Gasteiger partial charge in [0.2, 0.25) is 5.91 Å². The van der Waals surface area contributed by atoms with Gasteiger partial charge in [0, 0.05) is 19.7 Å². The van der Waals surface area contributed by atoms with Gasteiger partial charge >= 0.3 is 0 Å². The summed E-state index contributed by atoms with van der Waals surface area (Å²) in [6, 6.07) is 7.48. The maximum Gasteiger partial charge on any atom is 0.274 e. The summed E-state index contributed by atoms with van der Waals surface area (Å²) < 4.78 is 1.23. The minimum Gasteiger partial charge on any atom is -0.331 e. The number of benzene rings is 1. The molecule has 26 heavy (non-hydrogen) atoms. The molecule has 0 saturated carbocycles. The second-order valence-electron chi connectivity index (χ2n) is 5.59. The van der Waals surface area contributed by atoms with E-state index < -0.39 is 11.8 Å². The van der Waals surface area contributed by atoms with Crippen LogP contribution in [0.1, 0.15) is 23.8 Å². The van der Waals surface area contributed by atoms with Crippen molar-refractivity contribution < 1.29 is 9.59 Å². The number of hydrogen-bond donors (Lipinski definition) is 1. The van der Waals surface area contributed by atoms with E-state index in [0.29, 0.717) is 23.0 Å². The minimum atomic E-state index is -0.477. The average molecular weight is 397 g/mol. The molecule has 0 fully saturated rings. The Labute approximate surface area is 160 Å². The van der Waals surface area contributed by atoms with Crippen LogP contribution in [-0.4, -0.2) is 40.1 Å². The Balaban J connectivity index is 2.08. The van der Waals surface area contributed by atoms with Crippen molar-refractivity contribution in [2.45, 2.75) is 19.9 Å². The fourth-order valence-corrected chi connectivity index (χ4v) is 2.71. The van der Waals surface area contributed by atoms with E-state index in [4.69, 9.17) is 23.2 Å². The van der Waals surface area contributed by atoms with Gasteiger partial charge in [-0.1, -0.05) is 36.2 Å². The van der Waals surface area contributed by atoms with Crippen LogP contribution >= 0.6 is 23.2 Å². The van der Waals surface area contributed by atoms with Gasteiger partial charge < -0.3 is 10.2 Å². The van der Waals surface area contributed by atoms with Crippen molar-refractivity contribution in [3.8, 4) is 0 Å². The van der Waals surface area contributed by atoms with Crippen LogP contribution in [0.5, 0.6) is 0 Å². The van der Waals surface area contributed by atoms with E-state index in [2.05, 4.69) is 10.4 Å². The molecule has 0 spiro atoms. The number of halogens is 2. The summed E-state index contributed by atoms with van der Waals surface area (Å²) in [5.41, 5.74) is 0.0950. The number of nitrogens with one attached hydrogen (secondary N) is 1. The van der Waals surface area contributed by atoms with E-state index in [1.54, 1.807) is 18.2 Å². The quantitative estimate of drug-likeness (QED) is 0.813. The molecule has 0 atom stereocenters. The van der Waals surface area contributed by atoms with E-state index in [-0.39, 0.29) is 23.5 Å². The highest BCUT2D eigenvalue weighted by Crippen LogP contribution is 2.29. The second kappa shape index (κ2) is 8.82. The molecule has 1 N–H and O–H groups in total. The first-order chi connectivity index (χ1) is 12.3. The molecule has 7 nitrogen and oxygen atoms in total. The lowest BCUT2D eigenvalue weighted by Gasteiger charge is -2.17. The van der Waals surface area contributed by atoms with Crippen molar-refractivity contribution in [3.05, 3.63) is 56.4 Å². The number of likely N-dealkylation sites (N-methyl/N-ethyl adjacent to an activating group) is 1. The summed E-state index contributed by atoms with van der Waals surface area (Å²) in [5, 5.41) is 7.22. The summed E-state index contributed by atoms with van der Waals surface area (Å²) >= 11 is 12.0. The minimum absolute atomic E-state index is 0.0872. The van der Waals surface area contributed by atoms with Crippen molar-refractivity contribution in [1.82, 2.24) is 14.7 Å². The summed E-state index contributed by atoms with van der Waals surface area (Å²) in [7, 11) is 1.47.